The van der Waals surface area contributed by atoms with Crippen molar-refractivity contribution >= 4 is 45.9 Å². The van der Waals surface area contributed by atoms with Crippen LogP contribution >= 0.6 is 15.9 Å². The molecule has 6 nitrogen and oxygen atoms in total. The molecule has 0 aromatic heterocycles. The molecule has 1 aromatic rings. The Hall–Kier alpha value is -3.58. The monoisotopic (exact) mass is 742 g/mol. The summed E-state index contributed by atoms with van der Waals surface area (Å²) < 4.78 is 1.12. The fourth-order valence-corrected chi connectivity index (χ4v) is 7.35. The van der Waals surface area contributed by atoms with E-state index in [1.807, 2.05) is 25.1 Å². The normalized spacial score (nSPS) is 17.2. The average Bonchev–Trinajstić information content (AvgIpc) is 3.38. The number of nitrogens with one attached hydrogen (secondary N) is 2. The summed E-state index contributed by atoms with van der Waals surface area (Å²) in [4.78, 5) is 34.3. The SMILES string of the molecule is C=NC(=O)c1cccc2c1NCN=C2C(C)C(CCCC1CCCCCC1)C(C)=CCC=CC(=C)NC(=O)C(=CCC=C(Br)CC)CC(=C)C. The van der Waals surface area contributed by atoms with Gasteiger partial charge in [0, 0.05) is 28.5 Å². The van der Waals surface area contributed by atoms with Gasteiger partial charge in [-0.15, -0.1) is 0 Å². The number of hydrogen-bond donors (Lipinski definition) is 2. The first-order valence-electron chi connectivity index (χ1n) is 18.5. The summed E-state index contributed by atoms with van der Waals surface area (Å²) in [6.07, 6.45) is 24.9. The quantitative estimate of drug-likeness (QED) is 0.0516. The molecule has 1 heterocycles. The molecule has 270 valence electrons. The lowest BCUT2D eigenvalue weighted by Crippen LogP contribution is -2.28. The van der Waals surface area contributed by atoms with Gasteiger partial charge in [-0.05, 0) is 81.1 Å². The smallest absolute Gasteiger partial charge is 0.278 e. The molecule has 2 amide bonds. The van der Waals surface area contributed by atoms with Gasteiger partial charge in [-0.3, -0.25) is 14.6 Å². The minimum absolute atomic E-state index is 0.144. The van der Waals surface area contributed by atoms with Gasteiger partial charge < -0.3 is 10.6 Å². The molecule has 2 atom stereocenters. The number of hydrogen-bond acceptors (Lipinski definition) is 4. The van der Waals surface area contributed by atoms with Crippen LogP contribution in [0.2, 0.25) is 0 Å². The van der Waals surface area contributed by atoms with Crippen LogP contribution in [-0.2, 0) is 4.79 Å². The second kappa shape index (κ2) is 21.6. The summed E-state index contributed by atoms with van der Waals surface area (Å²) in [5, 5.41) is 6.28. The van der Waals surface area contributed by atoms with E-state index < -0.39 is 0 Å². The fourth-order valence-electron chi connectivity index (χ4n) is 7.17. The molecule has 1 aromatic carbocycles. The van der Waals surface area contributed by atoms with E-state index in [1.165, 1.54) is 56.9 Å². The number of carbonyl (C=O) groups is 2. The highest BCUT2D eigenvalue weighted by Gasteiger charge is 2.29. The highest BCUT2D eigenvalue weighted by Crippen LogP contribution is 2.36. The molecule has 2 unspecified atom stereocenters. The Bertz CT molecular complexity index is 1520. The molecule has 0 radical (unpaired) electrons. The highest BCUT2D eigenvalue weighted by molar-refractivity contribution is 9.11. The summed E-state index contributed by atoms with van der Waals surface area (Å²) in [7, 11) is 0. The molecule has 3 rings (SSSR count). The molecule has 0 bridgehead atoms. The van der Waals surface area contributed by atoms with E-state index in [1.54, 1.807) is 6.07 Å². The lowest BCUT2D eigenvalue weighted by Gasteiger charge is -2.31. The molecule has 2 aliphatic rings. The van der Waals surface area contributed by atoms with Crippen molar-refractivity contribution in [1.82, 2.24) is 5.32 Å². The zero-order chi connectivity index (χ0) is 36.5. The number of rotatable bonds is 18. The minimum Gasteiger partial charge on any atom is -0.365 e. The van der Waals surface area contributed by atoms with E-state index in [0.717, 1.165) is 52.2 Å². The Morgan fingerprint density at radius 1 is 1.10 bits per heavy atom. The van der Waals surface area contributed by atoms with Gasteiger partial charge in [0.25, 0.3) is 11.8 Å². The van der Waals surface area contributed by atoms with Crippen LogP contribution in [0.5, 0.6) is 0 Å². The van der Waals surface area contributed by atoms with E-state index in [9.17, 15) is 9.59 Å². The van der Waals surface area contributed by atoms with E-state index in [2.05, 4.69) is 96.5 Å². The first-order valence-corrected chi connectivity index (χ1v) is 19.3. The standard InChI is InChI=1S/C43H59BrN4O2/c1-8-36(44)24-16-23-35(28-30(2)3)42(49)48-32(5)19-14-13-18-31(4)37(25-15-22-34-20-11-9-10-12-21-34)33(6)40-38-26-17-27-39(43(50)45-7)41(38)47-29-46-40/h14,17-19,23-24,26-27,33-34,37,47H,2,5,7-13,15-16,20-22,25,28-29H2,1,3-4,6H3,(H,48,49). The number of carbonyl (C=O) groups excluding carboxylic acids is 2. The lowest BCUT2D eigenvalue weighted by molar-refractivity contribution is -0.116. The maximum Gasteiger partial charge on any atom is 0.278 e. The summed E-state index contributed by atoms with van der Waals surface area (Å²) in [5.74, 6) is 0.821. The zero-order valence-corrected chi connectivity index (χ0v) is 32.5. The third-order valence-electron chi connectivity index (χ3n) is 9.94. The molecule has 0 saturated heterocycles. The van der Waals surface area contributed by atoms with Crippen LogP contribution in [0.1, 0.15) is 127 Å². The van der Waals surface area contributed by atoms with Crippen LogP contribution in [-0.4, -0.2) is 30.9 Å². The van der Waals surface area contributed by atoms with Gasteiger partial charge in [0.1, 0.15) is 6.67 Å². The van der Waals surface area contributed by atoms with Crippen LogP contribution in [0.4, 0.5) is 5.69 Å². The average molecular weight is 744 g/mol. The second-order valence-corrected chi connectivity index (χ2v) is 14.9. The van der Waals surface area contributed by atoms with Crippen molar-refractivity contribution in [3.8, 4) is 0 Å². The Morgan fingerprint density at radius 3 is 2.52 bits per heavy atom. The van der Waals surface area contributed by atoms with Crippen molar-refractivity contribution in [3.05, 3.63) is 99.8 Å². The number of fused-ring (bicyclic) bond motifs is 1. The Balaban J connectivity index is 1.74. The van der Waals surface area contributed by atoms with Crippen molar-refractivity contribution in [2.24, 2.45) is 27.7 Å². The molecule has 1 aliphatic heterocycles. The van der Waals surface area contributed by atoms with Crippen LogP contribution < -0.4 is 10.6 Å². The van der Waals surface area contributed by atoms with E-state index >= 15 is 0 Å². The topological polar surface area (TPSA) is 82.9 Å². The molecular weight excluding hydrogens is 684 g/mol. The largest absolute Gasteiger partial charge is 0.365 e. The molecule has 1 aliphatic carbocycles. The van der Waals surface area contributed by atoms with Crippen LogP contribution in [0.25, 0.3) is 0 Å². The molecule has 2 N–H and O–H groups in total. The number of nitrogens with zero attached hydrogens (tertiary/aromatic N) is 2. The third kappa shape index (κ3) is 12.9. The Kier molecular flexibility index (Phi) is 17.6. The van der Waals surface area contributed by atoms with Crippen molar-refractivity contribution in [2.45, 2.75) is 111 Å². The fraction of sp³-hybridized carbons (Fsp3) is 0.488. The predicted octanol–water partition coefficient (Wildman–Crippen LogP) is 11.6. The highest BCUT2D eigenvalue weighted by atomic mass is 79.9. The van der Waals surface area contributed by atoms with Gasteiger partial charge in [0.2, 0.25) is 0 Å². The van der Waals surface area contributed by atoms with Crippen LogP contribution in [0, 0.1) is 17.8 Å². The van der Waals surface area contributed by atoms with Gasteiger partial charge in [-0.25, -0.2) is 4.99 Å². The summed E-state index contributed by atoms with van der Waals surface area (Å²) >= 11 is 3.55. The van der Waals surface area contributed by atoms with Crippen molar-refractivity contribution in [2.75, 3.05) is 12.0 Å². The summed E-state index contributed by atoms with van der Waals surface area (Å²) in [6.45, 7) is 20.5. The maximum absolute atomic E-state index is 13.1. The number of halogens is 1. The molecule has 50 heavy (non-hydrogen) atoms. The van der Waals surface area contributed by atoms with Crippen molar-refractivity contribution in [3.63, 3.8) is 0 Å². The van der Waals surface area contributed by atoms with Gasteiger partial charge >= 0.3 is 0 Å². The maximum atomic E-state index is 13.1. The van der Waals surface area contributed by atoms with E-state index in [4.69, 9.17) is 4.99 Å². The van der Waals surface area contributed by atoms with Crippen molar-refractivity contribution < 1.29 is 9.59 Å². The van der Waals surface area contributed by atoms with Crippen molar-refractivity contribution in [1.29, 1.82) is 0 Å². The van der Waals surface area contributed by atoms with E-state index in [0.29, 0.717) is 42.3 Å². The van der Waals surface area contributed by atoms with Gasteiger partial charge in [-0.1, -0.05) is 142 Å². The van der Waals surface area contributed by atoms with Gasteiger partial charge in [0.05, 0.1) is 11.3 Å². The van der Waals surface area contributed by atoms with Crippen LogP contribution in [0.3, 0.4) is 0 Å². The first kappa shape index (κ1) is 40.8. The third-order valence-corrected chi connectivity index (χ3v) is 10.8. The van der Waals surface area contributed by atoms with Crippen LogP contribution in [0.15, 0.2) is 98.6 Å². The molecule has 7 heteroatoms. The first-order chi connectivity index (χ1) is 24.0. The number of aliphatic imine (C=N–C) groups is 2. The summed E-state index contributed by atoms with van der Waals surface area (Å²) in [5.41, 5.74) is 6.87. The Labute approximate surface area is 310 Å². The lowest BCUT2D eigenvalue weighted by atomic mass is 9.77. The molecule has 1 fully saturated rings. The molecular formula is C43H59BrN4O2. The number of benzene rings is 1. The molecule has 1 saturated carbocycles. The Morgan fingerprint density at radius 2 is 1.84 bits per heavy atom. The van der Waals surface area contributed by atoms with Gasteiger partial charge in [-0.2, -0.15) is 0 Å². The minimum atomic E-state index is -0.329. The predicted molar refractivity (Wildman–Crippen MR) is 217 cm³/mol. The second-order valence-electron chi connectivity index (χ2n) is 13.9. The number of allylic oxidation sites excluding steroid dienone is 8. The van der Waals surface area contributed by atoms with Gasteiger partial charge in [0.15, 0.2) is 0 Å². The summed E-state index contributed by atoms with van der Waals surface area (Å²) in [6, 6.07) is 5.77. The number of amides is 2. The number of anilines is 1. The zero-order valence-electron chi connectivity index (χ0n) is 31.0. The van der Waals surface area contributed by atoms with E-state index in [-0.39, 0.29) is 17.7 Å². The molecule has 0 spiro atoms. The number of para-hydroxylation sites is 1.